The van der Waals surface area contributed by atoms with Gasteiger partial charge in [-0.15, -0.1) is 72.1 Å². The standard InChI is InChI=1S/2C13H10.2C9H7.2C8H13Si.2ClH.2Zr/c2*1-3-7-12(8-4-1)11-13-9-5-2-6-10-13;2*1-2-5-9-7-3-6-8(9)4-1;2*1-9(2,3)8-6-4-5-7-8;;;;/h2*1-10H;2*1-7H;2*6-7H,4H2,1-3H3;2*1H;;/q;;4*-1;;;2*+2/p-2. The van der Waals surface area contributed by atoms with Gasteiger partial charge in [-0.05, 0) is 16.1 Å². The Morgan fingerprint density at radius 2 is 0.667 bits per heavy atom. The summed E-state index contributed by atoms with van der Waals surface area (Å²) in [6.45, 7) is 14.2. The van der Waals surface area contributed by atoms with Crippen LogP contribution in [-0.2, 0) is 48.5 Å². The molecule has 8 aromatic carbocycles. The van der Waals surface area contributed by atoms with Gasteiger partial charge in [-0.1, -0.05) is 51.4 Å². The second-order valence-electron chi connectivity index (χ2n) is 17.4. The molecule has 0 N–H and O–H groups in total. The third kappa shape index (κ3) is 19.3. The van der Waals surface area contributed by atoms with Gasteiger partial charge in [0.2, 0.25) is 0 Å². The van der Waals surface area contributed by atoms with Crippen molar-refractivity contribution in [2.24, 2.45) is 0 Å². The smallest absolute Gasteiger partial charge is 0.0809 e. The van der Waals surface area contributed by atoms with Gasteiger partial charge < -0.3 is 24.8 Å². The minimum atomic E-state index is -0.981. The zero-order valence-electron chi connectivity index (χ0n) is 39.1. The normalized spacial score (nSPS) is 12.0. The predicted molar refractivity (Wildman–Crippen MR) is 279 cm³/mol. The van der Waals surface area contributed by atoms with Crippen molar-refractivity contribution >= 4 is 44.1 Å². The fourth-order valence-electron chi connectivity index (χ4n) is 6.73. The Hall–Kier alpha value is -3.98. The molecule has 0 saturated heterocycles. The van der Waals surface area contributed by atoms with Crippen LogP contribution in [0.2, 0.25) is 39.3 Å². The number of hydrogen-bond acceptors (Lipinski definition) is 0. The summed E-state index contributed by atoms with van der Waals surface area (Å²) in [4.78, 5) is 0. The summed E-state index contributed by atoms with van der Waals surface area (Å²) in [6.07, 6.45) is 17.4. The fraction of sp³-hybridized carbons (Fsp3) is 0.133. The van der Waals surface area contributed by atoms with Crippen LogP contribution < -0.4 is 24.8 Å². The van der Waals surface area contributed by atoms with Gasteiger partial charge in [-0.3, -0.25) is 12.2 Å². The molecule has 0 saturated carbocycles. The van der Waals surface area contributed by atoms with E-state index >= 15 is 0 Å². The van der Waals surface area contributed by atoms with Crippen LogP contribution >= 0.6 is 0 Å². The predicted octanol–water partition coefficient (Wildman–Crippen LogP) is 9.84. The molecule has 66 heavy (non-hydrogen) atoms. The Morgan fingerprint density at radius 1 is 0.394 bits per heavy atom. The van der Waals surface area contributed by atoms with Crippen LogP contribution in [0.5, 0.6) is 0 Å². The van der Waals surface area contributed by atoms with Gasteiger partial charge in [0.05, 0.1) is 0 Å². The Kier molecular flexibility index (Phi) is 25.4. The summed E-state index contributed by atoms with van der Waals surface area (Å²) in [6, 6.07) is 71.6. The van der Waals surface area contributed by atoms with E-state index in [4.69, 9.17) is 0 Å². The van der Waals surface area contributed by atoms with Gasteiger partial charge in [0, 0.05) is 0 Å². The van der Waals surface area contributed by atoms with E-state index in [-0.39, 0.29) is 24.8 Å². The quantitative estimate of drug-likeness (QED) is 0.115. The Morgan fingerprint density at radius 3 is 0.894 bits per heavy atom. The van der Waals surface area contributed by atoms with Crippen molar-refractivity contribution in [3.8, 4) is 0 Å². The third-order valence-electron chi connectivity index (χ3n) is 10.5. The monoisotopic (exact) mass is 1090 g/mol. The third-order valence-corrected chi connectivity index (χ3v) is 17.5. The van der Waals surface area contributed by atoms with E-state index in [1.807, 2.05) is 0 Å². The molecular formula is C60H60Cl2Si2Zr2-2. The molecular weight excluding hydrogens is 1030 g/mol. The van der Waals surface area contributed by atoms with Crippen LogP contribution in [0, 0.1) is 12.2 Å². The molecule has 0 fully saturated rings. The first-order valence-electron chi connectivity index (χ1n) is 22.0. The number of halogens is 2. The Labute approximate surface area is 440 Å². The average molecular weight is 1090 g/mol. The van der Waals surface area contributed by atoms with Gasteiger partial charge in [-0.2, -0.15) is 47.2 Å². The van der Waals surface area contributed by atoms with Crippen LogP contribution in [0.4, 0.5) is 0 Å². The molecule has 0 nitrogen and oxygen atoms in total. The molecule has 10 rings (SSSR count). The number of benzene rings is 6. The molecule has 6 heteroatoms. The first-order valence-corrected chi connectivity index (χ1v) is 31.5. The van der Waals surface area contributed by atoms with E-state index < -0.39 is 16.1 Å². The summed E-state index contributed by atoms with van der Waals surface area (Å²) >= 11 is 2.92. The molecule has 0 aliphatic heterocycles. The minimum absolute atomic E-state index is 0. The number of rotatable bonds is 6. The summed E-state index contributed by atoms with van der Waals surface area (Å²) < 4.78 is 2.83. The van der Waals surface area contributed by atoms with E-state index in [9.17, 15) is 0 Å². The second kappa shape index (κ2) is 29.7. The molecule has 0 atom stereocenters. The molecule has 0 amide bonds. The van der Waals surface area contributed by atoms with Crippen molar-refractivity contribution in [3.63, 3.8) is 0 Å². The fourth-order valence-corrected chi connectivity index (χ4v) is 10.9. The molecule has 0 spiro atoms. The van der Waals surface area contributed by atoms with Crippen LogP contribution in [0.15, 0.2) is 241 Å². The summed E-state index contributed by atoms with van der Waals surface area (Å²) in [5.41, 5.74) is 5.32. The maximum atomic E-state index is 3.20. The summed E-state index contributed by atoms with van der Waals surface area (Å²) in [5, 5.41) is 8.44. The van der Waals surface area contributed by atoms with E-state index in [1.54, 1.807) is 10.4 Å². The van der Waals surface area contributed by atoms with Crippen LogP contribution in [0.25, 0.3) is 21.5 Å². The van der Waals surface area contributed by atoms with Crippen LogP contribution in [-0.4, -0.2) is 22.6 Å². The molecule has 8 aromatic rings. The zero-order valence-corrected chi connectivity index (χ0v) is 47.5. The van der Waals surface area contributed by atoms with E-state index in [0.717, 1.165) is 12.8 Å². The Bertz CT molecular complexity index is 2410. The molecule has 0 radical (unpaired) electrons. The molecule has 332 valence electrons. The van der Waals surface area contributed by atoms with E-state index in [0.29, 0.717) is 0 Å². The van der Waals surface area contributed by atoms with Crippen molar-refractivity contribution < 1.29 is 73.3 Å². The van der Waals surface area contributed by atoms with Gasteiger partial charge in [0.25, 0.3) is 0 Å². The first kappa shape index (κ1) is 56.3. The topological polar surface area (TPSA) is 0 Å². The number of hydrogen-bond donors (Lipinski definition) is 0. The Balaban J connectivity index is 0.000000211. The van der Waals surface area contributed by atoms with E-state index in [2.05, 4.69) is 282 Å². The van der Waals surface area contributed by atoms with Gasteiger partial charge in [0.15, 0.2) is 0 Å². The SMILES string of the molecule is C[Si](C)(C)C1=CC[C-]=C1.C[Si](C)(C)C1=CC[C-]=C1.[Cl-].[Cl-].[Zr+2]=[C](c1ccccc1)c1ccccc1.[Zr+2]=[C](c1ccccc1)c1ccccc1.c1ccc2[cH-]ccc2c1.c1ccc2[cH-]ccc2c1. The van der Waals surface area contributed by atoms with Crippen LogP contribution in [0.1, 0.15) is 35.1 Å². The largest absolute Gasteiger partial charge is 0.168 e. The number of allylic oxidation sites excluding steroid dienone is 8. The van der Waals surface area contributed by atoms with Gasteiger partial charge >= 0.3 is 198 Å². The molecule has 0 aromatic heterocycles. The van der Waals surface area contributed by atoms with Crippen LogP contribution in [0.3, 0.4) is 0 Å². The van der Waals surface area contributed by atoms with Gasteiger partial charge in [0.1, 0.15) is 0 Å². The molecule has 0 unspecified atom stereocenters. The molecule has 0 bridgehead atoms. The summed E-state index contributed by atoms with van der Waals surface area (Å²) in [7, 11) is -1.96. The molecule has 2 aliphatic carbocycles. The van der Waals surface area contributed by atoms with Crippen molar-refractivity contribution in [2.45, 2.75) is 52.1 Å². The average Bonchev–Trinajstić information content (AvgIpc) is 4.19. The van der Waals surface area contributed by atoms with Gasteiger partial charge in [-0.25, -0.2) is 22.5 Å². The second-order valence-corrected chi connectivity index (χ2v) is 30.1. The zero-order chi connectivity index (χ0) is 45.6. The maximum absolute atomic E-state index is 3.20. The van der Waals surface area contributed by atoms with E-state index in [1.165, 1.54) is 98.7 Å². The number of fused-ring (bicyclic) bond motifs is 2. The van der Waals surface area contributed by atoms with Crippen molar-refractivity contribution in [1.29, 1.82) is 0 Å². The summed E-state index contributed by atoms with van der Waals surface area (Å²) in [5.74, 6) is 0. The maximum Gasteiger partial charge on any atom is -0.0809 e. The first-order chi connectivity index (χ1) is 30.9. The van der Waals surface area contributed by atoms with Crippen molar-refractivity contribution in [3.05, 3.63) is 275 Å². The van der Waals surface area contributed by atoms with Crippen molar-refractivity contribution in [1.82, 2.24) is 0 Å². The van der Waals surface area contributed by atoms with Crippen molar-refractivity contribution in [2.75, 3.05) is 0 Å². The molecule has 2 aliphatic rings. The minimum Gasteiger partial charge on any atom is -0.168 e. The molecule has 0 heterocycles.